The van der Waals surface area contributed by atoms with E-state index in [0.29, 0.717) is 38.4 Å². The molecule has 0 radical (unpaired) electrons. The minimum absolute atomic E-state index is 0.160. The van der Waals surface area contributed by atoms with E-state index in [1.807, 2.05) is 39.0 Å². The van der Waals surface area contributed by atoms with Crippen molar-refractivity contribution in [2.45, 2.75) is 33.2 Å². The number of nitrogens with zero attached hydrogens (tertiary/aromatic N) is 2. The van der Waals surface area contributed by atoms with Crippen molar-refractivity contribution < 1.29 is 17.9 Å². The van der Waals surface area contributed by atoms with Crippen molar-refractivity contribution in [1.29, 1.82) is 0 Å². The Morgan fingerprint density at radius 2 is 1.92 bits per heavy atom. The minimum atomic E-state index is -3.60. The Labute approximate surface area is 144 Å². The van der Waals surface area contributed by atoms with Crippen LogP contribution in [-0.4, -0.2) is 57.8 Å². The largest absolute Gasteiger partial charge is 0.378 e. The molecule has 1 aromatic rings. The quantitative estimate of drug-likeness (QED) is 0.807. The van der Waals surface area contributed by atoms with Crippen LogP contribution in [0.25, 0.3) is 0 Å². The van der Waals surface area contributed by atoms with E-state index in [-0.39, 0.29) is 5.91 Å². The fourth-order valence-corrected chi connectivity index (χ4v) is 4.23. The predicted octanol–water partition coefficient (Wildman–Crippen LogP) is 1.71. The van der Waals surface area contributed by atoms with Crippen LogP contribution in [0.3, 0.4) is 0 Å². The molecule has 1 saturated heterocycles. The lowest BCUT2D eigenvalue weighted by atomic mass is 10.1. The Kier molecular flexibility index (Phi) is 5.87. The van der Waals surface area contributed by atoms with Crippen LogP contribution in [0.2, 0.25) is 0 Å². The van der Waals surface area contributed by atoms with Gasteiger partial charge in [0.05, 0.1) is 25.2 Å². The van der Waals surface area contributed by atoms with Gasteiger partial charge >= 0.3 is 0 Å². The number of carbonyl (C=O) groups is 1. The molecule has 0 unspecified atom stereocenters. The molecule has 1 heterocycles. The van der Waals surface area contributed by atoms with Crippen molar-refractivity contribution in [2.75, 3.05) is 36.9 Å². The van der Waals surface area contributed by atoms with Crippen LogP contribution < -0.4 is 4.31 Å². The lowest BCUT2D eigenvalue weighted by Gasteiger charge is -2.36. The molecule has 6 nitrogen and oxygen atoms in total. The first-order valence-corrected chi connectivity index (χ1v) is 10.0. The number of anilines is 1. The lowest BCUT2D eigenvalue weighted by molar-refractivity contribution is -0.136. The van der Waals surface area contributed by atoms with Crippen molar-refractivity contribution in [3.63, 3.8) is 0 Å². The maximum atomic E-state index is 13.0. The number of benzene rings is 1. The van der Waals surface area contributed by atoms with Crippen molar-refractivity contribution in [1.82, 2.24) is 4.90 Å². The number of sulfonamides is 1. The number of aryl methyl sites for hydroxylation is 2. The van der Waals surface area contributed by atoms with Gasteiger partial charge in [-0.3, -0.25) is 9.10 Å². The van der Waals surface area contributed by atoms with Crippen LogP contribution in [0.15, 0.2) is 18.2 Å². The number of hydrogen-bond acceptors (Lipinski definition) is 4. The third-order valence-corrected chi connectivity index (χ3v) is 5.40. The summed E-state index contributed by atoms with van der Waals surface area (Å²) < 4.78 is 31.6. The van der Waals surface area contributed by atoms with Crippen molar-refractivity contribution in [3.8, 4) is 0 Å². The van der Waals surface area contributed by atoms with Gasteiger partial charge in [-0.1, -0.05) is 19.1 Å². The number of hydrogen-bond donors (Lipinski definition) is 0. The molecule has 1 amide bonds. The first kappa shape index (κ1) is 18.7. The molecule has 134 valence electrons. The monoisotopic (exact) mass is 354 g/mol. The summed E-state index contributed by atoms with van der Waals surface area (Å²) in [5, 5.41) is 0. The minimum Gasteiger partial charge on any atom is -0.378 e. The van der Waals surface area contributed by atoms with Crippen molar-refractivity contribution >= 4 is 21.6 Å². The van der Waals surface area contributed by atoms with E-state index in [1.165, 1.54) is 4.31 Å². The van der Waals surface area contributed by atoms with Crippen LogP contribution in [-0.2, 0) is 19.6 Å². The molecule has 24 heavy (non-hydrogen) atoms. The maximum Gasteiger partial charge on any atom is 0.246 e. The summed E-state index contributed by atoms with van der Waals surface area (Å²) in [6.07, 6.45) is 1.57. The van der Waals surface area contributed by atoms with Crippen LogP contribution in [0, 0.1) is 13.8 Å². The molecule has 1 fully saturated rings. The van der Waals surface area contributed by atoms with E-state index in [0.717, 1.165) is 17.4 Å². The lowest BCUT2D eigenvalue weighted by Crippen LogP contribution is -2.53. The molecule has 1 aliphatic heterocycles. The molecule has 7 heteroatoms. The zero-order valence-corrected chi connectivity index (χ0v) is 15.6. The zero-order chi connectivity index (χ0) is 17.9. The highest BCUT2D eigenvalue weighted by Crippen LogP contribution is 2.28. The Morgan fingerprint density at radius 3 is 2.46 bits per heavy atom. The molecule has 1 aromatic carbocycles. The predicted molar refractivity (Wildman–Crippen MR) is 94.7 cm³/mol. The molecule has 0 aromatic heterocycles. The Morgan fingerprint density at radius 1 is 1.29 bits per heavy atom. The SMILES string of the molecule is CC[C@@H](C(=O)N1CCOCC1)N(c1cc(C)ccc1C)S(C)(=O)=O. The Balaban J connectivity index is 2.45. The van der Waals surface area contributed by atoms with Crippen LogP contribution in [0.1, 0.15) is 24.5 Å². The summed E-state index contributed by atoms with van der Waals surface area (Å²) in [7, 11) is -3.60. The van der Waals surface area contributed by atoms with Crippen LogP contribution in [0.5, 0.6) is 0 Å². The number of amides is 1. The van der Waals surface area contributed by atoms with Gasteiger partial charge < -0.3 is 9.64 Å². The molecule has 0 bridgehead atoms. The Hall–Kier alpha value is -1.60. The molecule has 1 aliphatic rings. The normalized spacial score (nSPS) is 16.8. The standard InChI is InChI=1S/C17H26N2O4S/c1-5-15(17(20)18-8-10-23-11-9-18)19(24(4,21)22)16-12-13(2)6-7-14(16)3/h6-7,12,15H,5,8-11H2,1-4H3/t15-/m0/s1. The maximum absolute atomic E-state index is 13.0. The van der Waals surface area contributed by atoms with Crippen LogP contribution in [0.4, 0.5) is 5.69 Å². The van der Waals surface area contributed by atoms with Crippen LogP contribution >= 0.6 is 0 Å². The van der Waals surface area contributed by atoms with Gasteiger partial charge in [-0.15, -0.1) is 0 Å². The van der Waals surface area contributed by atoms with E-state index in [1.54, 1.807) is 4.90 Å². The fraction of sp³-hybridized carbons (Fsp3) is 0.588. The summed E-state index contributed by atoms with van der Waals surface area (Å²) in [6, 6.07) is 4.91. The number of rotatable bonds is 5. The molecule has 1 atom stereocenters. The summed E-state index contributed by atoms with van der Waals surface area (Å²) in [5.41, 5.74) is 2.36. The third-order valence-electron chi connectivity index (χ3n) is 4.24. The highest BCUT2D eigenvalue weighted by Gasteiger charge is 2.35. The Bertz CT molecular complexity index is 697. The topological polar surface area (TPSA) is 66.9 Å². The van der Waals surface area contributed by atoms with Crippen molar-refractivity contribution in [3.05, 3.63) is 29.3 Å². The van der Waals surface area contributed by atoms with Gasteiger partial charge in [-0.2, -0.15) is 0 Å². The van der Waals surface area contributed by atoms with E-state index < -0.39 is 16.1 Å². The first-order valence-electron chi connectivity index (χ1n) is 8.19. The highest BCUT2D eigenvalue weighted by atomic mass is 32.2. The summed E-state index contributed by atoms with van der Waals surface area (Å²) in [5.74, 6) is -0.160. The van der Waals surface area contributed by atoms with Gasteiger partial charge in [0.2, 0.25) is 15.9 Å². The second-order valence-corrected chi connectivity index (χ2v) is 8.07. The van der Waals surface area contributed by atoms with E-state index in [4.69, 9.17) is 4.74 Å². The fourth-order valence-electron chi connectivity index (χ4n) is 2.97. The number of carbonyl (C=O) groups excluding carboxylic acids is 1. The molecule has 0 spiro atoms. The molecule has 0 saturated carbocycles. The first-order chi connectivity index (χ1) is 11.3. The molecular formula is C17H26N2O4S. The summed E-state index contributed by atoms with van der Waals surface area (Å²) in [6.45, 7) is 7.59. The molecule has 2 rings (SSSR count). The average molecular weight is 354 g/mol. The van der Waals surface area contributed by atoms with Gasteiger partial charge in [0.1, 0.15) is 6.04 Å². The number of morpholine rings is 1. The van der Waals surface area contributed by atoms with E-state index >= 15 is 0 Å². The summed E-state index contributed by atoms with van der Waals surface area (Å²) in [4.78, 5) is 14.6. The number of ether oxygens (including phenoxy) is 1. The second kappa shape index (κ2) is 7.53. The van der Waals surface area contributed by atoms with Gasteiger partial charge in [-0.05, 0) is 37.5 Å². The molecular weight excluding hydrogens is 328 g/mol. The van der Waals surface area contributed by atoms with E-state index in [2.05, 4.69) is 0 Å². The highest BCUT2D eigenvalue weighted by molar-refractivity contribution is 7.92. The van der Waals surface area contributed by atoms with Gasteiger partial charge in [-0.25, -0.2) is 8.42 Å². The molecule has 0 N–H and O–H groups in total. The van der Waals surface area contributed by atoms with E-state index in [9.17, 15) is 13.2 Å². The van der Waals surface area contributed by atoms with Crippen molar-refractivity contribution in [2.24, 2.45) is 0 Å². The van der Waals surface area contributed by atoms with Gasteiger partial charge in [0, 0.05) is 13.1 Å². The summed E-state index contributed by atoms with van der Waals surface area (Å²) >= 11 is 0. The van der Waals surface area contributed by atoms with Gasteiger partial charge in [0.25, 0.3) is 0 Å². The third kappa shape index (κ3) is 4.08. The smallest absolute Gasteiger partial charge is 0.246 e. The average Bonchev–Trinajstić information content (AvgIpc) is 2.54. The zero-order valence-electron chi connectivity index (χ0n) is 14.8. The molecule has 0 aliphatic carbocycles. The van der Waals surface area contributed by atoms with Gasteiger partial charge in [0.15, 0.2) is 0 Å². The second-order valence-electron chi connectivity index (χ2n) is 6.21.